The summed E-state index contributed by atoms with van der Waals surface area (Å²) in [5.74, 6) is 0.634. The van der Waals surface area contributed by atoms with Crippen molar-refractivity contribution >= 4 is 34.7 Å². The molecule has 3 aliphatic rings. The minimum atomic E-state index is 0. The quantitative estimate of drug-likeness (QED) is 0.455. The molecule has 0 spiro atoms. The molecule has 32 heavy (non-hydrogen) atoms. The summed E-state index contributed by atoms with van der Waals surface area (Å²) < 4.78 is 0.579. The number of allylic oxidation sites excluding steroid dienone is 7. The summed E-state index contributed by atoms with van der Waals surface area (Å²) in [7, 11) is 0. The van der Waals surface area contributed by atoms with E-state index in [1.807, 2.05) is 23.1 Å². The third-order valence-corrected chi connectivity index (χ3v) is 9.29. The zero-order chi connectivity index (χ0) is 20.5. The van der Waals surface area contributed by atoms with E-state index in [0.717, 1.165) is 0 Å². The fourth-order valence-electron chi connectivity index (χ4n) is 3.98. The van der Waals surface area contributed by atoms with Gasteiger partial charge in [-0.15, -0.1) is 0 Å². The van der Waals surface area contributed by atoms with Gasteiger partial charge in [-0.3, -0.25) is 0 Å². The number of hydrogen-bond donors (Lipinski definition) is 0. The Morgan fingerprint density at radius 1 is 0.844 bits per heavy atom. The van der Waals surface area contributed by atoms with Crippen LogP contribution in [-0.2, 0) is 24.7 Å². The molecule has 2 heterocycles. The van der Waals surface area contributed by atoms with Gasteiger partial charge >= 0.3 is 145 Å². The molecule has 0 fully saturated rings. The van der Waals surface area contributed by atoms with Crippen molar-refractivity contribution in [2.75, 3.05) is 0 Å². The molecule has 0 amide bonds. The molecule has 1 aromatic heterocycles. The van der Waals surface area contributed by atoms with Crippen LogP contribution in [0.5, 0.6) is 0 Å². The standard InChI is InChI=1S/C19H13S.C8H8S.2ClH.Zr/c1-2-6-14(7-3-1)18-10-11-19(20-18)17-12-15-8-4-5-9-16(15)13-17;1-6-5-7-3-2-4-8(7)9-6;;;/h1-13H;2-5,7H,1H3;2*1H;/q;;;;+2/p-2. The Labute approximate surface area is 226 Å². The Hall–Kier alpha value is -1.09. The zero-order valence-corrected chi connectivity index (χ0v) is 23.1. The first-order valence-corrected chi connectivity index (χ1v) is 13.2. The number of halogens is 2. The van der Waals surface area contributed by atoms with Crippen LogP contribution in [0.4, 0.5) is 0 Å². The molecule has 2 aliphatic carbocycles. The Bertz CT molecular complexity index is 1210. The van der Waals surface area contributed by atoms with Gasteiger partial charge in [0.15, 0.2) is 0 Å². The van der Waals surface area contributed by atoms with Crippen molar-refractivity contribution < 1.29 is 49.5 Å². The molecule has 0 radical (unpaired) electrons. The van der Waals surface area contributed by atoms with Crippen molar-refractivity contribution in [3.63, 3.8) is 0 Å². The summed E-state index contributed by atoms with van der Waals surface area (Å²) in [5, 5.41) is 0. The van der Waals surface area contributed by atoms with E-state index in [1.54, 1.807) is 24.7 Å². The van der Waals surface area contributed by atoms with E-state index in [2.05, 4.69) is 104 Å². The van der Waals surface area contributed by atoms with Crippen molar-refractivity contribution in [1.82, 2.24) is 0 Å². The number of thiophene rings is 1. The van der Waals surface area contributed by atoms with Crippen LogP contribution in [0.3, 0.4) is 0 Å². The van der Waals surface area contributed by atoms with Crippen LogP contribution in [0.25, 0.3) is 22.1 Å². The molecule has 2 unspecified atom stereocenters. The van der Waals surface area contributed by atoms with Crippen LogP contribution in [0.15, 0.2) is 101 Å². The molecule has 0 N–H and O–H groups in total. The van der Waals surface area contributed by atoms with E-state index < -0.39 is 0 Å². The molecule has 0 saturated heterocycles. The zero-order valence-electron chi connectivity index (χ0n) is 17.5. The number of fused-ring (bicyclic) bond motifs is 2. The summed E-state index contributed by atoms with van der Waals surface area (Å²) in [6.07, 6.45) is 11.2. The van der Waals surface area contributed by atoms with Crippen LogP contribution in [0, 0.1) is 5.92 Å². The maximum absolute atomic E-state index is 2.37. The first-order valence-electron chi connectivity index (χ1n) is 10.1. The minimum absolute atomic E-state index is 0. The van der Waals surface area contributed by atoms with Crippen molar-refractivity contribution in [2.24, 2.45) is 5.92 Å². The third-order valence-electron chi connectivity index (χ3n) is 5.48. The summed E-state index contributed by atoms with van der Waals surface area (Å²) in [6, 6.07) is 23.9. The van der Waals surface area contributed by atoms with Crippen LogP contribution >= 0.6 is 23.1 Å². The van der Waals surface area contributed by atoms with Crippen LogP contribution in [0.1, 0.15) is 26.6 Å². The van der Waals surface area contributed by atoms with Gasteiger partial charge in [-0.25, -0.2) is 0 Å². The van der Waals surface area contributed by atoms with Crippen molar-refractivity contribution in [2.45, 2.75) is 10.5 Å². The molecule has 2 atom stereocenters. The SMILES string of the molecule is CC1=CC2C=CC=C2S1.[Cl-].[Cl-].[Zr+2][CH]1C(c2ccc(-c3ccccc3)s2)=Cc2ccccc21. The molecule has 3 aromatic rings. The predicted molar refractivity (Wildman–Crippen MR) is 129 cm³/mol. The molecule has 1 aliphatic heterocycles. The Morgan fingerprint density at radius 3 is 2.31 bits per heavy atom. The van der Waals surface area contributed by atoms with Crippen molar-refractivity contribution in [3.05, 3.63) is 117 Å². The fourth-order valence-corrected chi connectivity index (χ4v) is 7.54. The fraction of sp³-hybridized carbons (Fsp3) is 0.111. The number of rotatable bonds is 2. The second kappa shape index (κ2) is 11.4. The van der Waals surface area contributed by atoms with Gasteiger partial charge in [0, 0.05) is 10.8 Å². The predicted octanol–water partition coefficient (Wildman–Crippen LogP) is 2.27. The van der Waals surface area contributed by atoms with Gasteiger partial charge in [0.1, 0.15) is 0 Å². The molecule has 159 valence electrons. The van der Waals surface area contributed by atoms with Crippen molar-refractivity contribution in [1.29, 1.82) is 0 Å². The monoisotopic (exact) mass is 569 g/mol. The average molecular weight is 572 g/mol. The van der Waals surface area contributed by atoms with Crippen LogP contribution < -0.4 is 24.8 Å². The number of thioether (sulfide) groups is 1. The molecule has 0 nitrogen and oxygen atoms in total. The Morgan fingerprint density at radius 2 is 1.56 bits per heavy atom. The average Bonchev–Trinajstić information content (AvgIpc) is 3.53. The van der Waals surface area contributed by atoms with Gasteiger partial charge in [-0.2, -0.15) is 0 Å². The topological polar surface area (TPSA) is 0 Å². The van der Waals surface area contributed by atoms with Crippen LogP contribution in [0.2, 0.25) is 0 Å². The van der Waals surface area contributed by atoms with E-state index in [-0.39, 0.29) is 24.8 Å². The molecule has 6 rings (SSSR count). The third kappa shape index (κ3) is 5.35. The Balaban J connectivity index is 0.000000222. The number of benzene rings is 2. The van der Waals surface area contributed by atoms with Gasteiger partial charge in [-0.05, 0) is 11.8 Å². The second-order valence-corrected chi connectivity index (χ2v) is 11.4. The molecule has 2 aromatic carbocycles. The summed E-state index contributed by atoms with van der Waals surface area (Å²) in [5.41, 5.74) is 5.68. The maximum atomic E-state index is 2.37. The van der Waals surface area contributed by atoms with Gasteiger partial charge < -0.3 is 24.8 Å². The molecule has 5 heteroatoms. The van der Waals surface area contributed by atoms with E-state index >= 15 is 0 Å². The summed E-state index contributed by atoms with van der Waals surface area (Å²) in [6.45, 7) is 2.16. The van der Waals surface area contributed by atoms with Gasteiger partial charge in [-0.1, -0.05) is 36.1 Å². The van der Waals surface area contributed by atoms with Gasteiger partial charge in [0.2, 0.25) is 0 Å². The molecule has 0 bridgehead atoms. The van der Waals surface area contributed by atoms with E-state index in [9.17, 15) is 0 Å². The van der Waals surface area contributed by atoms with E-state index in [0.29, 0.717) is 9.54 Å². The van der Waals surface area contributed by atoms with Crippen molar-refractivity contribution in [3.8, 4) is 10.4 Å². The molecular weight excluding hydrogens is 551 g/mol. The van der Waals surface area contributed by atoms with Gasteiger partial charge in [0.25, 0.3) is 0 Å². The van der Waals surface area contributed by atoms with Crippen LogP contribution in [-0.4, -0.2) is 0 Å². The van der Waals surface area contributed by atoms with E-state index in [4.69, 9.17) is 0 Å². The Kier molecular flexibility index (Phi) is 9.07. The van der Waals surface area contributed by atoms with Gasteiger partial charge in [0.05, 0.1) is 0 Å². The first kappa shape index (κ1) is 25.5. The number of hydrogen-bond acceptors (Lipinski definition) is 2. The second-order valence-electron chi connectivity index (χ2n) is 7.55. The van der Waals surface area contributed by atoms with E-state index in [1.165, 1.54) is 41.8 Å². The normalized spacial score (nSPS) is 19.4. The molecule has 0 saturated carbocycles. The summed E-state index contributed by atoms with van der Waals surface area (Å²) in [4.78, 5) is 5.69. The first-order chi connectivity index (χ1) is 14.7. The molecular formula is C27H21Cl2S2Zr. The summed E-state index contributed by atoms with van der Waals surface area (Å²) >= 11 is 5.37.